The molecule has 0 bridgehead atoms. The second kappa shape index (κ2) is 5.99. The molecule has 1 N–H and O–H groups in total. The summed E-state index contributed by atoms with van der Waals surface area (Å²) in [5, 5.41) is 5.95. The Hall–Kier alpha value is -2.03. The Kier molecular flexibility index (Phi) is 4.06. The van der Waals surface area contributed by atoms with E-state index in [2.05, 4.69) is 5.32 Å². The fraction of sp³-hybridized carbons (Fsp3) is 0.0556. The van der Waals surface area contributed by atoms with Crippen LogP contribution in [0.3, 0.4) is 0 Å². The highest BCUT2D eigenvalue weighted by Crippen LogP contribution is 2.35. The van der Waals surface area contributed by atoms with E-state index in [0.29, 0.717) is 10.0 Å². The van der Waals surface area contributed by atoms with Crippen molar-refractivity contribution in [2.45, 2.75) is 6.92 Å². The van der Waals surface area contributed by atoms with Crippen molar-refractivity contribution < 1.29 is 4.79 Å². The van der Waals surface area contributed by atoms with E-state index in [9.17, 15) is 4.79 Å². The molecule has 0 aliphatic rings. The minimum Gasteiger partial charge on any atom is -0.326 e. The molecule has 0 unspecified atom stereocenters. The second-order valence-corrected chi connectivity index (χ2v) is 5.83. The lowest BCUT2D eigenvalue weighted by atomic mass is 9.97. The maximum absolute atomic E-state index is 11.4. The molecule has 3 aromatic rings. The van der Waals surface area contributed by atoms with Gasteiger partial charge in [0.05, 0.1) is 10.0 Å². The lowest BCUT2D eigenvalue weighted by Crippen LogP contribution is -2.06. The van der Waals surface area contributed by atoms with Crippen LogP contribution in [-0.2, 0) is 4.79 Å². The van der Waals surface area contributed by atoms with Gasteiger partial charge in [-0.15, -0.1) is 0 Å². The van der Waals surface area contributed by atoms with Crippen molar-refractivity contribution in [1.29, 1.82) is 0 Å². The molecular formula is C18H13Cl2NO. The largest absolute Gasteiger partial charge is 0.326 e. The predicted molar refractivity (Wildman–Crippen MR) is 93.7 cm³/mol. The molecule has 3 aromatic carbocycles. The van der Waals surface area contributed by atoms with Gasteiger partial charge in [-0.05, 0) is 34.7 Å². The van der Waals surface area contributed by atoms with Crippen LogP contribution < -0.4 is 5.32 Å². The monoisotopic (exact) mass is 329 g/mol. The molecule has 0 aliphatic heterocycles. The van der Waals surface area contributed by atoms with Crippen LogP contribution in [0.2, 0.25) is 10.0 Å². The van der Waals surface area contributed by atoms with Gasteiger partial charge in [-0.25, -0.2) is 0 Å². The van der Waals surface area contributed by atoms with E-state index in [1.807, 2.05) is 48.5 Å². The summed E-state index contributed by atoms with van der Waals surface area (Å²) in [6, 6.07) is 17.4. The number of rotatable bonds is 2. The van der Waals surface area contributed by atoms with E-state index < -0.39 is 0 Å². The molecule has 0 saturated heterocycles. The fourth-order valence-corrected chi connectivity index (χ4v) is 2.81. The number of carbonyl (C=O) groups excluding carboxylic acids is 1. The summed E-state index contributed by atoms with van der Waals surface area (Å²) in [6.07, 6.45) is 0. The third kappa shape index (κ3) is 2.80. The molecule has 0 aromatic heterocycles. The van der Waals surface area contributed by atoms with Crippen LogP contribution in [0.25, 0.3) is 21.9 Å². The minimum absolute atomic E-state index is 0.0903. The van der Waals surface area contributed by atoms with E-state index in [1.54, 1.807) is 6.07 Å². The first kappa shape index (κ1) is 14.9. The molecule has 0 spiro atoms. The van der Waals surface area contributed by atoms with Crippen LogP contribution in [0, 0.1) is 0 Å². The normalized spacial score (nSPS) is 10.7. The number of nitrogens with one attached hydrogen (secondary N) is 1. The van der Waals surface area contributed by atoms with Gasteiger partial charge in [-0.2, -0.15) is 0 Å². The third-order valence-corrected chi connectivity index (χ3v) is 4.20. The van der Waals surface area contributed by atoms with Crippen molar-refractivity contribution in [3.8, 4) is 11.1 Å². The molecule has 22 heavy (non-hydrogen) atoms. The first-order valence-electron chi connectivity index (χ1n) is 6.81. The van der Waals surface area contributed by atoms with Crippen molar-refractivity contribution in [1.82, 2.24) is 0 Å². The molecule has 4 heteroatoms. The third-order valence-electron chi connectivity index (χ3n) is 3.47. The average molecular weight is 330 g/mol. The number of halogens is 2. The highest BCUT2D eigenvalue weighted by atomic mass is 35.5. The van der Waals surface area contributed by atoms with Crippen LogP contribution in [0.4, 0.5) is 5.69 Å². The standard InChI is InChI=1S/C18H13Cl2NO/c1-11(22)21-18-9-7-13(14-4-2-3-5-15(14)18)12-6-8-16(19)17(20)10-12/h2-10H,1H3,(H,21,22). The van der Waals surface area contributed by atoms with Gasteiger partial charge in [-0.1, -0.05) is 59.6 Å². The van der Waals surface area contributed by atoms with E-state index in [1.165, 1.54) is 6.92 Å². The van der Waals surface area contributed by atoms with Crippen LogP contribution in [0.1, 0.15) is 6.92 Å². The van der Waals surface area contributed by atoms with Gasteiger partial charge >= 0.3 is 0 Å². The van der Waals surface area contributed by atoms with Crippen molar-refractivity contribution in [2.24, 2.45) is 0 Å². The van der Waals surface area contributed by atoms with Gasteiger partial charge in [-0.3, -0.25) is 4.79 Å². The Labute approximate surface area is 138 Å². The molecule has 2 nitrogen and oxygen atoms in total. The summed E-state index contributed by atoms with van der Waals surface area (Å²) in [5.74, 6) is -0.0903. The summed E-state index contributed by atoms with van der Waals surface area (Å²) in [6.45, 7) is 1.50. The number of carbonyl (C=O) groups is 1. The predicted octanol–water partition coefficient (Wildman–Crippen LogP) is 5.77. The zero-order chi connectivity index (χ0) is 15.7. The van der Waals surface area contributed by atoms with E-state index in [-0.39, 0.29) is 5.91 Å². The zero-order valence-corrected chi connectivity index (χ0v) is 13.4. The van der Waals surface area contributed by atoms with Gasteiger partial charge < -0.3 is 5.32 Å². The van der Waals surface area contributed by atoms with E-state index in [4.69, 9.17) is 23.2 Å². The molecule has 110 valence electrons. The molecule has 0 saturated carbocycles. The van der Waals surface area contributed by atoms with Gasteiger partial charge in [0.2, 0.25) is 5.91 Å². The second-order valence-electron chi connectivity index (χ2n) is 5.02. The average Bonchev–Trinajstić information content (AvgIpc) is 2.50. The lowest BCUT2D eigenvalue weighted by Gasteiger charge is -2.12. The fourth-order valence-electron chi connectivity index (χ4n) is 2.51. The number of amides is 1. The molecule has 0 aliphatic carbocycles. The minimum atomic E-state index is -0.0903. The number of fused-ring (bicyclic) bond motifs is 1. The Morgan fingerprint density at radius 1 is 0.909 bits per heavy atom. The first-order chi connectivity index (χ1) is 10.6. The summed E-state index contributed by atoms with van der Waals surface area (Å²) in [5.41, 5.74) is 2.83. The summed E-state index contributed by atoms with van der Waals surface area (Å²) in [4.78, 5) is 11.4. The topological polar surface area (TPSA) is 29.1 Å². The molecule has 3 rings (SSSR count). The van der Waals surface area contributed by atoms with Crippen molar-refractivity contribution in [2.75, 3.05) is 5.32 Å². The maximum Gasteiger partial charge on any atom is 0.221 e. The van der Waals surface area contributed by atoms with Crippen LogP contribution in [0.15, 0.2) is 54.6 Å². The quantitative estimate of drug-likeness (QED) is 0.635. The number of anilines is 1. The van der Waals surface area contributed by atoms with Gasteiger partial charge in [0.25, 0.3) is 0 Å². The highest BCUT2D eigenvalue weighted by Gasteiger charge is 2.09. The summed E-state index contributed by atoms with van der Waals surface area (Å²) >= 11 is 12.1. The van der Waals surface area contributed by atoms with Crippen LogP contribution >= 0.6 is 23.2 Å². The van der Waals surface area contributed by atoms with Crippen LogP contribution in [0.5, 0.6) is 0 Å². The van der Waals surface area contributed by atoms with E-state index >= 15 is 0 Å². The zero-order valence-electron chi connectivity index (χ0n) is 11.9. The summed E-state index contributed by atoms with van der Waals surface area (Å²) in [7, 11) is 0. The number of benzene rings is 3. The maximum atomic E-state index is 11.4. The Morgan fingerprint density at radius 2 is 1.64 bits per heavy atom. The first-order valence-corrected chi connectivity index (χ1v) is 7.56. The van der Waals surface area contributed by atoms with Gasteiger partial charge in [0, 0.05) is 18.0 Å². The molecule has 0 atom stereocenters. The molecule has 0 heterocycles. The van der Waals surface area contributed by atoms with E-state index in [0.717, 1.165) is 27.6 Å². The molecular weight excluding hydrogens is 317 g/mol. The SMILES string of the molecule is CC(=O)Nc1ccc(-c2ccc(Cl)c(Cl)c2)c2ccccc12. The molecule has 1 amide bonds. The Balaban J connectivity index is 2.23. The molecule has 0 radical (unpaired) electrons. The lowest BCUT2D eigenvalue weighted by molar-refractivity contribution is -0.114. The van der Waals surface area contributed by atoms with Crippen molar-refractivity contribution in [3.05, 3.63) is 64.6 Å². The van der Waals surface area contributed by atoms with Crippen LogP contribution in [-0.4, -0.2) is 5.91 Å². The van der Waals surface area contributed by atoms with Crippen molar-refractivity contribution in [3.63, 3.8) is 0 Å². The Bertz CT molecular complexity index is 874. The van der Waals surface area contributed by atoms with Gasteiger partial charge in [0.15, 0.2) is 0 Å². The summed E-state index contributed by atoms with van der Waals surface area (Å²) < 4.78 is 0. The number of hydrogen-bond acceptors (Lipinski definition) is 1. The van der Waals surface area contributed by atoms with Crippen molar-refractivity contribution >= 4 is 45.6 Å². The van der Waals surface area contributed by atoms with Gasteiger partial charge in [0.1, 0.15) is 0 Å². The highest BCUT2D eigenvalue weighted by molar-refractivity contribution is 6.42. The smallest absolute Gasteiger partial charge is 0.221 e. The molecule has 0 fully saturated rings. The number of hydrogen-bond donors (Lipinski definition) is 1. The Morgan fingerprint density at radius 3 is 2.32 bits per heavy atom.